The number of fused-ring (bicyclic) bond motifs is 1. The van der Waals surface area contributed by atoms with Crippen molar-refractivity contribution in [3.8, 4) is 0 Å². The molecule has 3 nitrogen and oxygen atoms in total. The Morgan fingerprint density at radius 2 is 2.10 bits per heavy atom. The monoisotopic (exact) mass is 301 g/mol. The highest BCUT2D eigenvalue weighted by Crippen LogP contribution is 2.20. The SMILES string of the molecule is Clc1cnc2nc(SC/C=C/c3ccccc3)[nH]c2c1. The lowest BCUT2D eigenvalue weighted by Crippen LogP contribution is -1.77. The zero-order chi connectivity index (χ0) is 13.8. The van der Waals surface area contributed by atoms with Crippen LogP contribution in [0.15, 0.2) is 53.8 Å². The summed E-state index contributed by atoms with van der Waals surface area (Å²) in [5.74, 6) is 0.850. The number of halogens is 1. The normalized spacial score (nSPS) is 11.4. The molecule has 3 rings (SSSR count). The van der Waals surface area contributed by atoms with E-state index in [0.717, 1.165) is 16.4 Å². The Labute approximate surface area is 126 Å². The van der Waals surface area contributed by atoms with Gasteiger partial charge in [-0.15, -0.1) is 0 Å². The third kappa shape index (κ3) is 3.21. The first-order valence-electron chi connectivity index (χ1n) is 6.17. The summed E-state index contributed by atoms with van der Waals surface area (Å²) in [6, 6.07) is 12.1. The number of aromatic nitrogens is 3. The molecular formula is C15H12ClN3S. The van der Waals surface area contributed by atoms with Crippen LogP contribution in [0.1, 0.15) is 5.56 Å². The Balaban J connectivity index is 1.64. The van der Waals surface area contributed by atoms with Gasteiger partial charge >= 0.3 is 0 Å². The molecule has 0 radical (unpaired) electrons. The predicted molar refractivity (Wildman–Crippen MR) is 85.1 cm³/mol. The summed E-state index contributed by atoms with van der Waals surface area (Å²) < 4.78 is 0. The Bertz CT molecular complexity index is 737. The largest absolute Gasteiger partial charge is 0.331 e. The molecule has 0 unspecified atom stereocenters. The van der Waals surface area contributed by atoms with Crippen molar-refractivity contribution in [3.63, 3.8) is 0 Å². The molecule has 0 bridgehead atoms. The number of aromatic amines is 1. The molecule has 0 aliphatic rings. The van der Waals surface area contributed by atoms with Gasteiger partial charge in [0.2, 0.25) is 0 Å². The van der Waals surface area contributed by atoms with Crippen LogP contribution in [-0.4, -0.2) is 20.7 Å². The molecule has 0 aliphatic carbocycles. The fourth-order valence-electron chi connectivity index (χ4n) is 1.80. The molecule has 5 heteroatoms. The maximum atomic E-state index is 5.89. The number of H-pyrrole nitrogens is 1. The van der Waals surface area contributed by atoms with Crippen LogP contribution in [0, 0.1) is 0 Å². The zero-order valence-corrected chi connectivity index (χ0v) is 12.2. The number of thioether (sulfide) groups is 1. The van der Waals surface area contributed by atoms with Gasteiger partial charge in [0.05, 0.1) is 10.5 Å². The second-order valence-corrected chi connectivity index (χ2v) is 5.64. The zero-order valence-electron chi connectivity index (χ0n) is 10.6. The summed E-state index contributed by atoms with van der Waals surface area (Å²) in [6.45, 7) is 0. The van der Waals surface area contributed by atoms with Crippen LogP contribution < -0.4 is 0 Å². The number of nitrogens with one attached hydrogen (secondary N) is 1. The van der Waals surface area contributed by atoms with Crippen LogP contribution in [0.5, 0.6) is 0 Å². The van der Waals surface area contributed by atoms with Crippen molar-refractivity contribution in [3.05, 3.63) is 59.3 Å². The molecule has 1 N–H and O–H groups in total. The number of benzene rings is 1. The van der Waals surface area contributed by atoms with Gasteiger partial charge in [-0.3, -0.25) is 0 Å². The Morgan fingerprint density at radius 3 is 2.95 bits per heavy atom. The van der Waals surface area contributed by atoms with E-state index in [-0.39, 0.29) is 0 Å². The maximum Gasteiger partial charge on any atom is 0.178 e. The van der Waals surface area contributed by atoms with E-state index in [1.54, 1.807) is 18.0 Å². The van der Waals surface area contributed by atoms with Crippen LogP contribution in [0.2, 0.25) is 5.02 Å². The van der Waals surface area contributed by atoms with Gasteiger partial charge in [0.1, 0.15) is 0 Å². The fraction of sp³-hybridized carbons (Fsp3) is 0.0667. The summed E-state index contributed by atoms with van der Waals surface area (Å²) in [5, 5.41) is 1.47. The fourth-order valence-corrected chi connectivity index (χ4v) is 2.64. The summed E-state index contributed by atoms with van der Waals surface area (Å²) in [5.41, 5.74) is 2.77. The van der Waals surface area contributed by atoms with Crippen LogP contribution in [0.3, 0.4) is 0 Å². The van der Waals surface area contributed by atoms with Crippen molar-refractivity contribution >= 4 is 40.6 Å². The average molecular weight is 302 g/mol. The molecule has 2 aromatic heterocycles. The van der Waals surface area contributed by atoms with Crippen LogP contribution in [0.25, 0.3) is 17.2 Å². The Kier molecular flexibility index (Phi) is 4.04. The van der Waals surface area contributed by atoms with E-state index >= 15 is 0 Å². The van der Waals surface area contributed by atoms with Crippen molar-refractivity contribution < 1.29 is 0 Å². The summed E-state index contributed by atoms with van der Waals surface area (Å²) >= 11 is 7.53. The molecule has 0 atom stereocenters. The van der Waals surface area contributed by atoms with Gasteiger partial charge in [0.25, 0.3) is 0 Å². The Morgan fingerprint density at radius 1 is 1.25 bits per heavy atom. The van der Waals surface area contributed by atoms with Crippen LogP contribution >= 0.6 is 23.4 Å². The van der Waals surface area contributed by atoms with E-state index in [0.29, 0.717) is 10.7 Å². The minimum Gasteiger partial charge on any atom is -0.331 e. The lowest BCUT2D eigenvalue weighted by Gasteiger charge is -1.92. The number of hydrogen-bond donors (Lipinski definition) is 1. The number of pyridine rings is 1. The van der Waals surface area contributed by atoms with Crippen molar-refractivity contribution in [2.24, 2.45) is 0 Å². The summed E-state index contributed by atoms with van der Waals surface area (Å²) in [6.07, 6.45) is 5.83. The molecule has 20 heavy (non-hydrogen) atoms. The minimum atomic E-state index is 0.613. The summed E-state index contributed by atoms with van der Waals surface area (Å²) in [4.78, 5) is 11.8. The smallest absolute Gasteiger partial charge is 0.178 e. The molecule has 0 spiro atoms. The highest BCUT2D eigenvalue weighted by molar-refractivity contribution is 7.99. The van der Waals surface area contributed by atoms with E-state index in [1.807, 2.05) is 24.3 Å². The first kappa shape index (κ1) is 13.2. The lowest BCUT2D eigenvalue weighted by atomic mass is 10.2. The van der Waals surface area contributed by atoms with Gasteiger partial charge in [-0.1, -0.05) is 65.8 Å². The van der Waals surface area contributed by atoms with Crippen molar-refractivity contribution in [1.82, 2.24) is 15.0 Å². The molecule has 0 amide bonds. The standard InChI is InChI=1S/C15H12ClN3S/c16-12-9-13-14(17-10-12)19-15(18-13)20-8-4-7-11-5-2-1-3-6-11/h1-7,9-10H,8H2,(H,17,18,19)/b7-4+. The highest BCUT2D eigenvalue weighted by atomic mass is 35.5. The quantitative estimate of drug-likeness (QED) is 0.725. The molecule has 0 saturated heterocycles. The van der Waals surface area contributed by atoms with E-state index in [4.69, 9.17) is 11.6 Å². The molecule has 0 fully saturated rings. The second-order valence-electron chi connectivity index (χ2n) is 4.19. The van der Waals surface area contributed by atoms with Gasteiger partial charge < -0.3 is 4.98 Å². The highest BCUT2D eigenvalue weighted by Gasteiger charge is 2.03. The van der Waals surface area contributed by atoms with Gasteiger partial charge in [-0.2, -0.15) is 0 Å². The van der Waals surface area contributed by atoms with E-state index in [9.17, 15) is 0 Å². The summed E-state index contributed by atoms with van der Waals surface area (Å²) in [7, 11) is 0. The van der Waals surface area contributed by atoms with E-state index < -0.39 is 0 Å². The van der Waals surface area contributed by atoms with Crippen molar-refractivity contribution in [2.75, 3.05) is 5.75 Å². The van der Waals surface area contributed by atoms with Gasteiger partial charge in [0.15, 0.2) is 10.8 Å². The molecule has 3 aromatic rings. The topological polar surface area (TPSA) is 41.6 Å². The van der Waals surface area contributed by atoms with Crippen molar-refractivity contribution in [1.29, 1.82) is 0 Å². The van der Waals surface area contributed by atoms with Gasteiger partial charge in [-0.25, -0.2) is 9.97 Å². The Hall–Kier alpha value is -1.78. The second kappa shape index (κ2) is 6.11. The predicted octanol–water partition coefficient (Wildman–Crippen LogP) is 4.42. The minimum absolute atomic E-state index is 0.613. The van der Waals surface area contributed by atoms with Crippen LogP contribution in [0.4, 0.5) is 0 Å². The van der Waals surface area contributed by atoms with Gasteiger partial charge in [0, 0.05) is 11.9 Å². The number of imidazole rings is 1. The third-order valence-corrected chi connectivity index (χ3v) is 3.74. The average Bonchev–Trinajstić information content (AvgIpc) is 2.86. The molecule has 0 aliphatic heterocycles. The number of rotatable bonds is 4. The molecular weight excluding hydrogens is 290 g/mol. The van der Waals surface area contributed by atoms with Crippen molar-refractivity contribution in [2.45, 2.75) is 5.16 Å². The van der Waals surface area contributed by atoms with Crippen LogP contribution in [-0.2, 0) is 0 Å². The molecule has 0 saturated carbocycles. The maximum absolute atomic E-state index is 5.89. The molecule has 1 aromatic carbocycles. The third-order valence-electron chi connectivity index (χ3n) is 2.71. The van der Waals surface area contributed by atoms with E-state index in [1.165, 1.54) is 5.56 Å². The molecule has 100 valence electrons. The first-order valence-corrected chi connectivity index (χ1v) is 7.53. The van der Waals surface area contributed by atoms with Gasteiger partial charge in [-0.05, 0) is 11.6 Å². The number of hydrogen-bond acceptors (Lipinski definition) is 3. The first-order chi connectivity index (χ1) is 9.81. The number of nitrogens with zero attached hydrogens (tertiary/aromatic N) is 2. The molecule has 2 heterocycles. The lowest BCUT2D eigenvalue weighted by molar-refractivity contribution is 1.08. The van der Waals surface area contributed by atoms with E-state index in [2.05, 4.69) is 39.2 Å².